The number of benzene rings is 1. The number of hydrogen-bond donors (Lipinski definition) is 2. The molecule has 0 saturated heterocycles. The predicted molar refractivity (Wildman–Crippen MR) is 108 cm³/mol. The Labute approximate surface area is 168 Å². The van der Waals surface area contributed by atoms with Gasteiger partial charge in [0.15, 0.2) is 17.7 Å². The molecule has 2 N–H and O–H groups in total. The number of imidazole rings is 1. The van der Waals surface area contributed by atoms with Crippen molar-refractivity contribution in [1.82, 2.24) is 14.5 Å². The van der Waals surface area contributed by atoms with Crippen LogP contribution in [0.5, 0.6) is 0 Å². The molecule has 1 aromatic carbocycles. The van der Waals surface area contributed by atoms with E-state index in [1.807, 2.05) is 44.2 Å². The van der Waals surface area contributed by atoms with E-state index < -0.39 is 12.1 Å². The quantitative estimate of drug-likeness (QED) is 0.383. The number of allylic oxidation sites excluding steroid dienone is 1. The number of carbonyl (C=O) groups excluding carboxylic acids is 1. The smallest absolute Gasteiger partial charge is 0.340 e. The Morgan fingerprint density at radius 1 is 1.38 bits per heavy atom. The van der Waals surface area contributed by atoms with Crippen molar-refractivity contribution in [3.8, 4) is 6.07 Å². The number of nitriles is 1. The number of aliphatic hydroxyl groups is 1. The Balaban J connectivity index is 1.59. The highest BCUT2D eigenvalue weighted by molar-refractivity contribution is 5.91. The summed E-state index contributed by atoms with van der Waals surface area (Å²) in [6.45, 7) is 5.41. The molecule has 1 atom stereocenters. The molecule has 0 spiro atoms. The first-order valence-electron chi connectivity index (χ1n) is 9.58. The van der Waals surface area contributed by atoms with Gasteiger partial charge < -0.3 is 19.4 Å². The van der Waals surface area contributed by atoms with E-state index >= 15 is 0 Å². The predicted octanol–water partition coefficient (Wildman–Crippen LogP) is 4.35. The standard InChI is InChI=1S/C22H22N4O3/c1-12-10-16(13(2)26(12)15-8-9-15)22(28)29-14(3)20(27)17(11-23)21-24-18-6-4-5-7-19(18)25-21/h4-7,10,14-15,27H,8-9H2,1-3H3,(H,24,25)/b20-17-/t14-/m1/s1. The number of aromatic amines is 1. The first-order chi connectivity index (χ1) is 13.9. The molecule has 0 aliphatic heterocycles. The lowest BCUT2D eigenvalue weighted by atomic mass is 10.1. The third kappa shape index (κ3) is 3.38. The fourth-order valence-electron chi connectivity index (χ4n) is 3.66. The summed E-state index contributed by atoms with van der Waals surface area (Å²) in [5, 5.41) is 20.1. The van der Waals surface area contributed by atoms with Crippen LogP contribution >= 0.6 is 0 Å². The third-order valence-electron chi connectivity index (χ3n) is 5.28. The van der Waals surface area contributed by atoms with Gasteiger partial charge in [-0.2, -0.15) is 5.26 Å². The van der Waals surface area contributed by atoms with E-state index in [0.29, 0.717) is 17.1 Å². The van der Waals surface area contributed by atoms with E-state index in [1.54, 1.807) is 6.07 Å². The largest absolute Gasteiger partial charge is 0.507 e. The molecule has 2 aromatic heterocycles. The number of H-pyrrole nitrogens is 1. The Bertz CT molecular complexity index is 1140. The molecule has 1 aliphatic carbocycles. The van der Waals surface area contributed by atoms with Gasteiger partial charge in [-0.25, -0.2) is 9.78 Å². The van der Waals surface area contributed by atoms with Crippen molar-refractivity contribution >= 4 is 22.6 Å². The maximum atomic E-state index is 12.7. The van der Waals surface area contributed by atoms with Crippen molar-refractivity contribution in [2.24, 2.45) is 0 Å². The summed E-state index contributed by atoms with van der Waals surface area (Å²) in [7, 11) is 0. The van der Waals surface area contributed by atoms with Crippen molar-refractivity contribution in [2.45, 2.75) is 45.8 Å². The maximum Gasteiger partial charge on any atom is 0.340 e. The van der Waals surface area contributed by atoms with E-state index in [2.05, 4.69) is 14.5 Å². The second-order valence-electron chi connectivity index (χ2n) is 7.41. The molecule has 0 bridgehead atoms. The number of aryl methyl sites for hydroxylation is 1. The molecule has 0 unspecified atom stereocenters. The zero-order chi connectivity index (χ0) is 20.7. The normalized spacial score (nSPS) is 15.7. The monoisotopic (exact) mass is 390 g/mol. The van der Waals surface area contributed by atoms with Gasteiger partial charge in [-0.15, -0.1) is 0 Å². The number of hydrogen-bond acceptors (Lipinski definition) is 5. The summed E-state index contributed by atoms with van der Waals surface area (Å²) < 4.78 is 7.63. The molecule has 7 heteroatoms. The number of nitrogens with one attached hydrogen (secondary N) is 1. The second-order valence-corrected chi connectivity index (χ2v) is 7.41. The average molecular weight is 390 g/mol. The summed E-state index contributed by atoms with van der Waals surface area (Å²) >= 11 is 0. The number of rotatable bonds is 5. The highest BCUT2D eigenvalue weighted by atomic mass is 16.6. The van der Waals surface area contributed by atoms with E-state index in [-0.39, 0.29) is 17.2 Å². The molecule has 4 rings (SSSR count). The number of aliphatic hydroxyl groups excluding tert-OH is 1. The molecule has 7 nitrogen and oxygen atoms in total. The van der Waals surface area contributed by atoms with Gasteiger partial charge in [0.1, 0.15) is 11.6 Å². The van der Waals surface area contributed by atoms with E-state index in [9.17, 15) is 15.2 Å². The zero-order valence-corrected chi connectivity index (χ0v) is 16.6. The first kappa shape index (κ1) is 18.8. The van der Waals surface area contributed by atoms with Crippen molar-refractivity contribution in [3.05, 3.63) is 58.9 Å². The van der Waals surface area contributed by atoms with Crippen molar-refractivity contribution in [1.29, 1.82) is 5.26 Å². The van der Waals surface area contributed by atoms with E-state index in [4.69, 9.17) is 4.74 Å². The fraction of sp³-hybridized carbons (Fsp3) is 0.318. The second kappa shape index (κ2) is 7.13. The minimum Gasteiger partial charge on any atom is -0.507 e. The van der Waals surface area contributed by atoms with Crippen molar-refractivity contribution in [3.63, 3.8) is 0 Å². The summed E-state index contributed by atoms with van der Waals surface area (Å²) in [4.78, 5) is 20.1. The molecule has 1 fully saturated rings. The van der Waals surface area contributed by atoms with Crippen LogP contribution in [0.2, 0.25) is 0 Å². The number of nitrogens with zero attached hydrogens (tertiary/aromatic N) is 3. The van der Waals surface area contributed by atoms with Gasteiger partial charge >= 0.3 is 5.97 Å². The minimum absolute atomic E-state index is 0.0510. The Morgan fingerprint density at radius 2 is 2.10 bits per heavy atom. The molecule has 29 heavy (non-hydrogen) atoms. The fourth-order valence-corrected chi connectivity index (χ4v) is 3.66. The van der Waals surface area contributed by atoms with Crippen LogP contribution in [0.3, 0.4) is 0 Å². The molecule has 1 saturated carbocycles. The molecule has 1 aliphatic rings. The summed E-state index contributed by atoms with van der Waals surface area (Å²) in [5.74, 6) is -0.622. The van der Waals surface area contributed by atoms with Crippen LogP contribution in [0.4, 0.5) is 0 Å². The molecule has 0 radical (unpaired) electrons. The van der Waals surface area contributed by atoms with Gasteiger partial charge in [0.05, 0.1) is 16.6 Å². The highest BCUT2D eigenvalue weighted by Crippen LogP contribution is 2.38. The van der Waals surface area contributed by atoms with Crippen LogP contribution in [-0.2, 0) is 4.74 Å². The first-order valence-corrected chi connectivity index (χ1v) is 9.58. The lowest BCUT2D eigenvalue weighted by Gasteiger charge is -2.14. The summed E-state index contributed by atoms with van der Waals surface area (Å²) in [5.41, 5.74) is 3.74. The Morgan fingerprint density at radius 3 is 2.76 bits per heavy atom. The SMILES string of the molecule is Cc1cc(C(=O)O[C@H](C)/C(O)=C(\C#N)c2nc3ccccc3[nH]2)c(C)n1C1CC1. The molecule has 0 amide bonds. The van der Waals surface area contributed by atoms with E-state index in [0.717, 1.165) is 29.7 Å². The number of aromatic nitrogens is 3. The summed E-state index contributed by atoms with van der Waals surface area (Å²) in [6.07, 6.45) is 1.25. The number of esters is 1. The molecule has 2 heterocycles. The number of ether oxygens (including phenoxy) is 1. The van der Waals surface area contributed by atoms with Crippen molar-refractivity contribution in [2.75, 3.05) is 0 Å². The number of fused-ring (bicyclic) bond motifs is 1. The van der Waals surface area contributed by atoms with Crippen LogP contribution < -0.4 is 0 Å². The maximum absolute atomic E-state index is 12.7. The summed E-state index contributed by atoms with van der Waals surface area (Å²) in [6, 6.07) is 11.6. The highest BCUT2D eigenvalue weighted by Gasteiger charge is 2.30. The average Bonchev–Trinajstić information content (AvgIpc) is 3.35. The third-order valence-corrected chi connectivity index (χ3v) is 5.28. The molecule has 148 valence electrons. The number of carbonyl (C=O) groups is 1. The van der Waals surface area contributed by atoms with Crippen LogP contribution in [-0.4, -0.2) is 31.7 Å². The Hall–Kier alpha value is -3.53. The van der Waals surface area contributed by atoms with Crippen LogP contribution in [0.15, 0.2) is 36.1 Å². The van der Waals surface area contributed by atoms with Gasteiger partial charge in [0.2, 0.25) is 0 Å². The topological polar surface area (TPSA) is 104 Å². The van der Waals surface area contributed by atoms with Gasteiger partial charge in [0, 0.05) is 17.4 Å². The Kier molecular flexibility index (Phi) is 4.63. The van der Waals surface area contributed by atoms with Crippen LogP contribution in [0.25, 0.3) is 16.6 Å². The molecular weight excluding hydrogens is 368 g/mol. The zero-order valence-electron chi connectivity index (χ0n) is 16.6. The lowest BCUT2D eigenvalue weighted by Crippen LogP contribution is -2.19. The van der Waals surface area contributed by atoms with Gasteiger partial charge in [-0.3, -0.25) is 0 Å². The molecule has 3 aromatic rings. The van der Waals surface area contributed by atoms with E-state index in [1.165, 1.54) is 6.92 Å². The van der Waals surface area contributed by atoms with Gasteiger partial charge in [-0.1, -0.05) is 12.1 Å². The van der Waals surface area contributed by atoms with Gasteiger partial charge in [0.25, 0.3) is 0 Å². The lowest BCUT2D eigenvalue weighted by molar-refractivity contribution is 0.0333. The van der Waals surface area contributed by atoms with Gasteiger partial charge in [-0.05, 0) is 51.8 Å². The van der Waals surface area contributed by atoms with Crippen LogP contribution in [0, 0.1) is 25.2 Å². The van der Waals surface area contributed by atoms with Crippen LogP contribution in [0.1, 0.15) is 53.4 Å². The number of para-hydroxylation sites is 2. The van der Waals surface area contributed by atoms with Crippen molar-refractivity contribution < 1.29 is 14.6 Å². The molecular formula is C22H22N4O3. The minimum atomic E-state index is -0.991.